The van der Waals surface area contributed by atoms with Gasteiger partial charge in [-0.25, -0.2) is 0 Å². The van der Waals surface area contributed by atoms with Gasteiger partial charge >= 0.3 is 0 Å². The molecule has 7 nitrogen and oxygen atoms in total. The number of benzene rings is 2. The highest BCUT2D eigenvalue weighted by Gasteiger charge is 2.25. The van der Waals surface area contributed by atoms with E-state index < -0.39 is 6.04 Å². The molecule has 3 amide bonds. The average Bonchev–Trinajstić information content (AvgIpc) is 2.78. The van der Waals surface area contributed by atoms with Crippen molar-refractivity contribution in [3.8, 4) is 0 Å². The molecular weight excluding hydrogens is 416 g/mol. The van der Waals surface area contributed by atoms with Crippen LogP contribution in [-0.4, -0.2) is 41.8 Å². The second-order valence-corrected chi connectivity index (χ2v) is 9.09. The van der Waals surface area contributed by atoms with Crippen molar-refractivity contribution in [3.63, 3.8) is 0 Å². The molecule has 176 valence electrons. The van der Waals surface area contributed by atoms with Crippen molar-refractivity contribution in [3.05, 3.63) is 65.7 Å². The summed E-state index contributed by atoms with van der Waals surface area (Å²) in [6.45, 7) is 6.23. The van der Waals surface area contributed by atoms with Crippen LogP contribution in [0.4, 0.5) is 5.69 Å². The van der Waals surface area contributed by atoms with Gasteiger partial charge in [0.25, 0.3) is 0 Å². The molecular formula is C26H34N4O3. The van der Waals surface area contributed by atoms with Crippen LogP contribution in [0.5, 0.6) is 0 Å². The SMILES string of the molecule is CC(C)C(NC(=O)Cc1ccccc1)C(=O)Nc1cccc(CN2CCC(C(N)=O)CC2)c1. The van der Waals surface area contributed by atoms with Crippen LogP contribution >= 0.6 is 0 Å². The van der Waals surface area contributed by atoms with E-state index in [9.17, 15) is 14.4 Å². The fourth-order valence-corrected chi connectivity index (χ4v) is 4.14. The highest BCUT2D eigenvalue weighted by atomic mass is 16.2. The lowest BCUT2D eigenvalue weighted by Gasteiger charge is -2.30. The molecule has 1 saturated heterocycles. The summed E-state index contributed by atoms with van der Waals surface area (Å²) in [7, 11) is 0. The van der Waals surface area contributed by atoms with Gasteiger partial charge in [-0.1, -0.05) is 56.3 Å². The molecule has 0 bridgehead atoms. The van der Waals surface area contributed by atoms with E-state index in [4.69, 9.17) is 5.73 Å². The largest absolute Gasteiger partial charge is 0.369 e. The topological polar surface area (TPSA) is 105 Å². The van der Waals surface area contributed by atoms with Gasteiger partial charge in [-0.15, -0.1) is 0 Å². The molecule has 1 heterocycles. The number of amides is 3. The Bertz CT molecular complexity index is 953. The predicted molar refractivity (Wildman–Crippen MR) is 129 cm³/mol. The van der Waals surface area contributed by atoms with Crippen LogP contribution in [0.1, 0.15) is 37.8 Å². The predicted octanol–water partition coefficient (Wildman–Crippen LogP) is 2.71. The zero-order valence-electron chi connectivity index (χ0n) is 19.4. The van der Waals surface area contributed by atoms with Crippen molar-refractivity contribution < 1.29 is 14.4 Å². The highest BCUT2D eigenvalue weighted by Crippen LogP contribution is 2.20. The second-order valence-electron chi connectivity index (χ2n) is 9.09. The third-order valence-corrected chi connectivity index (χ3v) is 6.06. The molecule has 1 fully saturated rings. The lowest BCUT2D eigenvalue weighted by Crippen LogP contribution is -2.47. The van der Waals surface area contributed by atoms with E-state index in [-0.39, 0.29) is 36.0 Å². The molecule has 1 atom stereocenters. The highest BCUT2D eigenvalue weighted by molar-refractivity contribution is 5.97. The van der Waals surface area contributed by atoms with Gasteiger partial charge in [-0.2, -0.15) is 0 Å². The number of nitrogens with zero attached hydrogens (tertiary/aromatic N) is 1. The van der Waals surface area contributed by atoms with Crippen molar-refractivity contribution in [2.75, 3.05) is 18.4 Å². The number of hydrogen-bond donors (Lipinski definition) is 3. The van der Waals surface area contributed by atoms with Gasteiger partial charge in [0.2, 0.25) is 17.7 Å². The molecule has 2 aromatic carbocycles. The first-order valence-electron chi connectivity index (χ1n) is 11.6. The summed E-state index contributed by atoms with van der Waals surface area (Å²) in [5.74, 6) is -0.708. The Morgan fingerprint density at radius 1 is 1.00 bits per heavy atom. The average molecular weight is 451 g/mol. The number of likely N-dealkylation sites (tertiary alicyclic amines) is 1. The number of carbonyl (C=O) groups is 3. The standard InChI is InChI=1S/C26H34N4O3/c1-18(2)24(29-23(31)16-19-7-4-3-5-8-19)26(33)28-22-10-6-9-20(15-22)17-30-13-11-21(12-14-30)25(27)32/h3-10,15,18,21,24H,11-14,16-17H2,1-2H3,(H2,27,32)(H,28,33)(H,29,31). The van der Waals surface area contributed by atoms with Gasteiger partial charge in [-0.05, 0) is 55.1 Å². The summed E-state index contributed by atoms with van der Waals surface area (Å²) in [4.78, 5) is 39.1. The maximum absolute atomic E-state index is 13.0. The maximum Gasteiger partial charge on any atom is 0.247 e. The van der Waals surface area contributed by atoms with Crippen molar-refractivity contribution in [1.82, 2.24) is 10.2 Å². The Hall–Kier alpha value is -3.19. The number of rotatable bonds is 9. The molecule has 1 aliphatic heterocycles. The number of primary amides is 1. The Labute approximate surface area is 195 Å². The lowest BCUT2D eigenvalue weighted by atomic mass is 9.96. The van der Waals surface area contributed by atoms with Crippen LogP contribution in [-0.2, 0) is 27.3 Å². The minimum absolute atomic E-state index is 0.0306. The van der Waals surface area contributed by atoms with Gasteiger partial charge < -0.3 is 16.4 Å². The van der Waals surface area contributed by atoms with Gasteiger partial charge in [0.05, 0.1) is 6.42 Å². The van der Waals surface area contributed by atoms with Crippen molar-refractivity contribution in [2.45, 2.75) is 45.7 Å². The van der Waals surface area contributed by atoms with Crippen LogP contribution in [0.25, 0.3) is 0 Å². The number of piperidine rings is 1. The van der Waals surface area contributed by atoms with E-state index in [1.165, 1.54) is 0 Å². The Morgan fingerprint density at radius 2 is 1.67 bits per heavy atom. The van der Waals surface area contributed by atoms with Crippen molar-refractivity contribution >= 4 is 23.4 Å². The summed E-state index contributed by atoms with van der Waals surface area (Å²) in [5.41, 5.74) is 8.11. The second kappa shape index (κ2) is 11.6. The normalized spacial score (nSPS) is 15.7. The molecule has 0 saturated carbocycles. The number of anilines is 1. The van der Waals surface area contributed by atoms with Gasteiger partial charge in [0.15, 0.2) is 0 Å². The molecule has 0 aromatic heterocycles. The first kappa shape index (κ1) is 24.5. The molecule has 2 aromatic rings. The van der Waals surface area contributed by atoms with Gasteiger partial charge in [0, 0.05) is 18.2 Å². The molecule has 1 aliphatic rings. The third kappa shape index (κ3) is 7.43. The maximum atomic E-state index is 13.0. The number of nitrogens with two attached hydrogens (primary N) is 1. The van der Waals surface area contributed by atoms with Gasteiger partial charge in [-0.3, -0.25) is 19.3 Å². The molecule has 0 spiro atoms. The summed E-state index contributed by atoms with van der Waals surface area (Å²) in [5, 5.41) is 5.84. The van der Waals surface area contributed by atoms with E-state index in [2.05, 4.69) is 15.5 Å². The van der Waals surface area contributed by atoms with Crippen LogP contribution in [0.3, 0.4) is 0 Å². The molecule has 33 heavy (non-hydrogen) atoms. The monoisotopic (exact) mass is 450 g/mol. The van der Waals surface area contributed by atoms with E-state index in [1.54, 1.807) is 0 Å². The fourth-order valence-electron chi connectivity index (χ4n) is 4.14. The lowest BCUT2D eigenvalue weighted by molar-refractivity contribution is -0.127. The molecule has 0 radical (unpaired) electrons. The Morgan fingerprint density at radius 3 is 2.30 bits per heavy atom. The minimum atomic E-state index is -0.627. The summed E-state index contributed by atoms with van der Waals surface area (Å²) in [6, 6.07) is 16.6. The summed E-state index contributed by atoms with van der Waals surface area (Å²) < 4.78 is 0. The van der Waals surface area contributed by atoms with E-state index in [0.29, 0.717) is 5.69 Å². The Kier molecular flexibility index (Phi) is 8.60. The van der Waals surface area contributed by atoms with Crippen LogP contribution < -0.4 is 16.4 Å². The van der Waals surface area contributed by atoms with Crippen molar-refractivity contribution in [1.29, 1.82) is 0 Å². The quantitative estimate of drug-likeness (QED) is 0.546. The smallest absolute Gasteiger partial charge is 0.247 e. The number of carbonyl (C=O) groups excluding carboxylic acids is 3. The van der Waals surface area contributed by atoms with Gasteiger partial charge in [0.1, 0.15) is 6.04 Å². The molecule has 1 unspecified atom stereocenters. The minimum Gasteiger partial charge on any atom is -0.369 e. The van der Waals surface area contributed by atoms with E-state index in [1.807, 2.05) is 68.4 Å². The van der Waals surface area contributed by atoms with Crippen LogP contribution in [0.2, 0.25) is 0 Å². The third-order valence-electron chi connectivity index (χ3n) is 6.06. The zero-order chi connectivity index (χ0) is 23.8. The molecule has 0 aliphatic carbocycles. The van der Waals surface area contributed by atoms with E-state index >= 15 is 0 Å². The first-order valence-corrected chi connectivity index (χ1v) is 11.6. The first-order chi connectivity index (χ1) is 15.8. The van der Waals surface area contributed by atoms with Crippen LogP contribution in [0, 0.1) is 11.8 Å². The van der Waals surface area contributed by atoms with Crippen molar-refractivity contribution in [2.24, 2.45) is 17.6 Å². The zero-order valence-corrected chi connectivity index (χ0v) is 19.4. The molecule has 3 rings (SSSR count). The van der Waals surface area contributed by atoms with E-state index in [0.717, 1.165) is 43.6 Å². The molecule has 4 N–H and O–H groups in total. The molecule has 7 heteroatoms. The number of hydrogen-bond acceptors (Lipinski definition) is 4. The summed E-state index contributed by atoms with van der Waals surface area (Å²) >= 11 is 0. The fraction of sp³-hybridized carbons (Fsp3) is 0.423. The Balaban J connectivity index is 1.56. The number of nitrogens with one attached hydrogen (secondary N) is 2. The summed E-state index contributed by atoms with van der Waals surface area (Å²) in [6.07, 6.45) is 1.80. The van der Waals surface area contributed by atoms with Crippen LogP contribution in [0.15, 0.2) is 54.6 Å².